The number of benzene rings is 1. The number of carbonyl (C=O) groups excluding carboxylic acids is 1. The molecule has 0 unspecified atom stereocenters. The summed E-state index contributed by atoms with van der Waals surface area (Å²) in [6.07, 6.45) is 2.00. The Morgan fingerprint density at radius 2 is 2.25 bits per heavy atom. The summed E-state index contributed by atoms with van der Waals surface area (Å²) < 4.78 is 40.3. The summed E-state index contributed by atoms with van der Waals surface area (Å²) in [5.74, 6) is -1.91. The number of ether oxygens (including phenoxy) is 2. The minimum absolute atomic E-state index is 0.0108. The number of carbonyl (C=O) groups is 1. The van der Waals surface area contributed by atoms with Gasteiger partial charge in [-0.2, -0.15) is 5.10 Å². The van der Waals surface area contributed by atoms with Crippen LogP contribution in [0, 0.1) is 11.6 Å². The number of halogens is 3. The zero-order chi connectivity index (χ0) is 17.3. The standard InChI is InChI=1S/C16H15BrF2N2O3/c1-2-24-16(22)11-7-20-21(9-3-4-23-8-9)15(11)10-5-14(19)12(17)6-13(10)18/h5-7,9H,2-4,8H2,1H3/t9-/m0/s1. The number of esters is 1. The molecule has 0 radical (unpaired) electrons. The first kappa shape index (κ1) is 17.0. The maximum absolute atomic E-state index is 14.5. The molecule has 1 aliphatic rings. The van der Waals surface area contributed by atoms with Crippen LogP contribution in [-0.4, -0.2) is 35.6 Å². The number of hydrogen-bond donors (Lipinski definition) is 0. The highest BCUT2D eigenvalue weighted by Crippen LogP contribution is 2.34. The Morgan fingerprint density at radius 3 is 2.92 bits per heavy atom. The molecule has 24 heavy (non-hydrogen) atoms. The molecule has 128 valence electrons. The molecule has 2 heterocycles. The van der Waals surface area contributed by atoms with Crippen molar-refractivity contribution in [2.24, 2.45) is 0 Å². The molecule has 3 rings (SSSR count). The monoisotopic (exact) mass is 400 g/mol. The van der Waals surface area contributed by atoms with Gasteiger partial charge in [-0.1, -0.05) is 0 Å². The molecule has 1 fully saturated rings. The van der Waals surface area contributed by atoms with Crippen LogP contribution in [0.25, 0.3) is 11.3 Å². The highest BCUT2D eigenvalue weighted by atomic mass is 79.9. The van der Waals surface area contributed by atoms with Gasteiger partial charge in [-0.3, -0.25) is 4.68 Å². The Morgan fingerprint density at radius 1 is 1.46 bits per heavy atom. The fourth-order valence-electron chi connectivity index (χ4n) is 2.68. The number of hydrogen-bond acceptors (Lipinski definition) is 4. The van der Waals surface area contributed by atoms with Crippen LogP contribution in [0.15, 0.2) is 22.8 Å². The van der Waals surface area contributed by atoms with Crippen LogP contribution < -0.4 is 0 Å². The van der Waals surface area contributed by atoms with Crippen LogP contribution in [0.3, 0.4) is 0 Å². The van der Waals surface area contributed by atoms with E-state index in [0.29, 0.717) is 19.6 Å². The van der Waals surface area contributed by atoms with Gasteiger partial charge in [0.05, 0.1) is 35.6 Å². The highest BCUT2D eigenvalue weighted by molar-refractivity contribution is 9.10. The van der Waals surface area contributed by atoms with Crippen molar-refractivity contribution >= 4 is 21.9 Å². The van der Waals surface area contributed by atoms with Gasteiger partial charge >= 0.3 is 5.97 Å². The van der Waals surface area contributed by atoms with Crippen LogP contribution in [0.2, 0.25) is 0 Å². The molecule has 8 heteroatoms. The molecule has 0 saturated carbocycles. The summed E-state index contributed by atoms with van der Waals surface area (Å²) >= 11 is 2.95. The number of aromatic nitrogens is 2. The van der Waals surface area contributed by atoms with Crippen LogP contribution in [0.5, 0.6) is 0 Å². The largest absolute Gasteiger partial charge is 0.462 e. The quantitative estimate of drug-likeness (QED) is 0.579. The summed E-state index contributed by atoms with van der Waals surface area (Å²) in [4.78, 5) is 12.2. The minimum Gasteiger partial charge on any atom is -0.462 e. The van der Waals surface area contributed by atoms with Gasteiger partial charge in [0.2, 0.25) is 0 Å². The maximum Gasteiger partial charge on any atom is 0.341 e. The normalized spacial score (nSPS) is 17.2. The molecule has 1 aliphatic heterocycles. The fraction of sp³-hybridized carbons (Fsp3) is 0.375. The topological polar surface area (TPSA) is 53.3 Å². The first-order chi connectivity index (χ1) is 11.5. The smallest absolute Gasteiger partial charge is 0.341 e. The van der Waals surface area contributed by atoms with Crippen molar-refractivity contribution < 1.29 is 23.0 Å². The Kier molecular flexibility index (Phi) is 4.96. The van der Waals surface area contributed by atoms with E-state index in [1.807, 2.05) is 0 Å². The second kappa shape index (κ2) is 6.98. The van der Waals surface area contributed by atoms with E-state index in [1.165, 1.54) is 10.9 Å². The van der Waals surface area contributed by atoms with E-state index < -0.39 is 17.6 Å². The summed E-state index contributed by atoms with van der Waals surface area (Å²) in [6.45, 7) is 2.80. The van der Waals surface area contributed by atoms with Crippen molar-refractivity contribution in [2.45, 2.75) is 19.4 Å². The average molecular weight is 401 g/mol. The zero-order valence-electron chi connectivity index (χ0n) is 12.9. The first-order valence-corrected chi connectivity index (χ1v) is 8.29. The fourth-order valence-corrected chi connectivity index (χ4v) is 3.00. The molecule has 5 nitrogen and oxygen atoms in total. The third-order valence-electron chi connectivity index (χ3n) is 3.81. The molecule has 1 atom stereocenters. The molecule has 0 aliphatic carbocycles. The van der Waals surface area contributed by atoms with E-state index in [-0.39, 0.29) is 33.9 Å². The summed E-state index contributed by atoms with van der Waals surface area (Å²) in [5, 5.41) is 4.21. The van der Waals surface area contributed by atoms with Crippen molar-refractivity contribution in [1.82, 2.24) is 9.78 Å². The van der Waals surface area contributed by atoms with Gasteiger partial charge in [0.1, 0.15) is 17.2 Å². The zero-order valence-corrected chi connectivity index (χ0v) is 14.5. The van der Waals surface area contributed by atoms with Gasteiger partial charge in [0.15, 0.2) is 0 Å². The van der Waals surface area contributed by atoms with Crippen LogP contribution >= 0.6 is 15.9 Å². The van der Waals surface area contributed by atoms with Gasteiger partial charge in [0, 0.05) is 12.2 Å². The van der Waals surface area contributed by atoms with Crippen molar-refractivity contribution in [3.05, 3.63) is 40.0 Å². The lowest BCUT2D eigenvalue weighted by Crippen LogP contribution is -2.14. The molecule has 2 aromatic rings. The summed E-state index contributed by atoms with van der Waals surface area (Å²) in [7, 11) is 0. The lowest BCUT2D eigenvalue weighted by atomic mass is 10.1. The molecule has 1 saturated heterocycles. The Hall–Kier alpha value is -1.80. The van der Waals surface area contributed by atoms with Crippen LogP contribution in [-0.2, 0) is 9.47 Å². The van der Waals surface area contributed by atoms with Gasteiger partial charge < -0.3 is 9.47 Å². The molecule has 0 amide bonds. The average Bonchev–Trinajstić information content (AvgIpc) is 3.19. The van der Waals surface area contributed by atoms with Gasteiger partial charge in [0.25, 0.3) is 0 Å². The van der Waals surface area contributed by atoms with Crippen molar-refractivity contribution in [2.75, 3.05) is 19.8 Å². The Balaban J connectivity index is 2.17. The Labute approximate surface area is 145 Å². The first-order valence-electron chi connectivity index (χ1n) is 7.50. The molecule has 1 aromatic carbocycles. The molecule has 0 bridgehead atoms. The number of rotatable bonds is 4. The molecule has 0 spiro atoms. The third-order valence-corrected chi connectivity index (χ3v) is 4.42. The van der Waals surface area contributed by atoms with E-state index in [9.17, 15) is 13.6 Å². The Bertz CT molecular complexity index is 773. The summed E-state index contributed by atoms with van der Waals surface area (Å²) in [6, 6.07) is 1.93. The van der Waals surface area contributed by atoms with E-state index in [4.69, 9.17) is 9.47 Å². The van der Waals surface area contributed by atoms with Crippen LogP contribution in [0.1, 0.15) is 29.7 Å². The number of nitrogens with zero attached hydrogens (tertiary/aromatic N) is 2. The van der Waals surface area contributed by atoms with E-state index in [0.717, 1.165) is 12.1 Å². The molecule has 1 aromatic heterocycles. The predicted molar refractivity (Wildman–Crippen MR) is 85.7 cm³/mol. The molecular formula is C16H15BrF2N2O3. The van der Waals surface area contributed by atoms with Gasteiger partial charge in [-0.05, 0) is 41.4 Å². The third kappa shape index (κ3) is 3.08. The molecule has 0 N–H and O–H groups in total. The predicted octanol–water partition coefficient (Wildman–Crippen LogP) is 3.73. The highest BCUT2D eigenvalue weighted by Gasteiger charge is 2.28. The summed E-state index contributed by atoms with van der Waals surface area (Å²) in [5.41, 5.74) is 0.264. The lowest BCUT2D eigenvalue weighted by molar-refractivity contribution is 0.0527. The van der Waals surface area contributed by atoms with E-state index in [1.54, 1.807) is 6.92 Å². The van der Waals surface area contributed by atoms with Crippen molar-refractivity contribution in [3.63, 3.8) is 0 Å². The van der Waals surface area contributed by atoms with Crippen molar-refractivity contribution in [3.8, 4) is 11.3 Å². The lowest BCUT2D eigenvalue weighted by Gasteiger charge is -2.15. The van der Waals surface area contributed by atoms with Gasteiger partial charge in [-0.15, -0.1) is 0 Å². The van der Waals surface area contributed by atoms with Crippen LogP contribution in [0.4, 0.5) is 8.78 Å². The SMILES string of the molecule is CCOC(=O)c1cnn([C@H]2CCOC2)c1-c1cc(F)c(Br)cc1F. The minimum atomic E-state index is -0.658. The van der Waals surface area contributed by atoms with Crippen molar-refractivity contribution in [1.29, 1.82) is 0 Å². The second-order valence-electron chi connectivity index (χ2n) is 5.34. The van der Waals surface area contributed by atoms with Gasteiger partial charge in [-0.25, -0.2) is 13.6 Å². The molecular weight excluding hydrogens is 386 g/mol. The van der Waals surface area contributed by atoms with E-state index in [2.05, 4.69) is 21.0 Å². The maximum atomic E-state index is 14.5. The second-order valence-corrected chi connectivity index (χ2v) is 6.19. The van der Waals surface area contributed by atoms with E-state index >= 15 is 0 Å².